The number of ether oxygens (including phenoxy) is 3. The zero-order valence-electron chi connectivity index (χ0n) is 20.9. The fourth-order valence-corrected chi connectivity index (χ4v) is 7.19. The average molecular weight is 481 g/mol. The zero-order chi connectivity index (χ0) is 24.9. The topological polar surface area (TPSA) is 85.4 Å². The first-order valence-corrected chi connectivity index (χ1v) is 12.8. The highest BCUT2D eigenvalue weighted by molar-refractivity contribution is 5.87. The van der Waals surface area contributed by atoms with Gasteiger partial charge in [0.25, 0.3) is 0 Å². The molecular weight excluding hydrogens is 444 g/mol. The summed E-state index contributed by atoms with van der Waals surface area (Å²) < 4.78 is 17.4. The van der Waals surface area contributed by atoms with Crippen LogP contribution in [0.15, 0.2) is 48.1 Å². The van der Waals surface area contributed by atoms with Gasteiger partial charge in [0.1, 0.15) is 18.3 Å². The Kier molecular flexibility index (Phi) is 5.96. The molecule has 2 heterocycles. The molecule has 0 unspecified atom stereocenters. The van der Waals surface area contributed by atoms with Gasteiger partial charge in [0.2, 0.25) is 0 Å². The molecule has 5 rings (SSSR count). The van der Waals surface area contributed by atoms with Crippen molar-refractivity contribution in [3.8, 4) is 0 Å². The Bertz CT molecular complexity index is 1050. The SMILES string of the molecule is C[C@@]12[C@@H](OC(=O)/C=C/c3ccccc3)C[C@](C)(O)[C@](C)(CCC3=CC(=O)OC3)[C@H]1CCC[C@]21CO1. The molecule has 0 amide bonds. The summed E-state index contributed by atoms with van der Waals surface area (Å²) in [4.78, 5) is 24.5. The van der Waals surface area contributed by atoms with Gasteiger partial charge >= 0.3 is 11.9 Å². The molecule has 0 bridgehead atoms. The van der Waals surface area contributed by atoms with Crippen molar-refractivity contribution in [3.63, 3.8) is 0 Å². The molecule has 1 aromatic rings. The number of carbonyl (C=O) groups excluding carboxylic acids is 2. The molecule has 1 N–H and O–H groups in total. The number of hydrogen-bond donors (Lipinski definition) is 1. The largest absolute Gasteiger partial charge is 0.458 e. The highest BCUT2D eigenvalue weighted by Crippen LogP contribution is 2.69. The molecule has 1 spiro atoms. The minimum absolute atomic E-state index is 0.101. The first-order chi connectivity index (χ1) is 16.6. The molecule has 6 nitrogen and oxygen atoms in total. The first kappa shape index (κ1) is 24.3. The van der Waals surface area contributed by atoms with E-state index in [0.29, 0.717) is 26.1 Å². The van der Waals surface area contributed by atoms with Gasteiger partial charge in [-0.25, -0.2) is 9.59 Å². The predicted octanol–water partition coefficient (Wildman–Crippen LogP) is 4.61. The van der Waals surface area contributed by atoms with E-state index in [1.807, 2.05) is 37.3 Å². The van der Waals surface area contributed by atoms with Gasteiger partial charge in [0.15, 0.2) is 0 Å². The van der Waals surface area contributed by atoms with Crippen LogP contribution in [0.4, 0.5) is 0 Å². The van der Waals surface area contributed by atoms with Crippen LogP contribution in [-0.4, -0.2) is 47.6 Å². The van der Waals surface area contributed by atoms with E-state index in [0.717, 1.165) is 36.8 Å². The second-order valence-electron chi connectivity index (χ2n) is 11.5. The van der Waals surface area contributed by atoms with E-state index >= 15 is 0 Å². The summed E-state index contributed by atoms with van der Waals surface area (Å²) in [6, 6.07) is 9.66. The number of benzene rings is 1. The monoisotopic (exact) mass is 480 g/mol. The van der Waals surface area contributed by atoms with Gasteiger partial charge in [-0.3, -0.25) is 0 Å². The lowest BCUT2D eigenvalue weighted by Crippen LogP contribution is -2.69. The Morgan fingerprint density at radius 1 is 1.23 bits per heavy atom. The van der Waals surface area contributed by atoms with Gasteiger partial charge in [-0.05, 0) is 55.7 Å². The molecule has 4 aliphatic rings. The van der Waals surface area contributed by atoms with Crippen molar-refractivity contribution in [2.24, 2.45) is 16.7 Å². The van der Waals surface area contributed by atoms with E-state index in [-0.39, 0.29) is 17.5 Å². The summed E-state index contributed by atoms with van der Waals surface area (Å²) >= 11 is 0. The van der Waals surface area contributed by atoms with Crippen LogP contribution < -0.4 is 0 Å². The van der Waals surface area contributed by atoms with E-state index in [1.54, 1.807) is 12.2 Å². The third kappa shape index (κ3) is 4.05. The summed E-state index contributed by atoms with van der Waals surface area (Å²) in [7, 11) is 0. The van der Waals surface area contributed by atoms with Crippen molar-refractivity contribution in [2.75, 3.05) is 13.2 Å². The number of rotatable bonds is 6. The van der Waals surface area contributed by atoms with E-state index in [2.05, 4.69) is 13.8 Å². The van der Waals surface area contributed by atoms with Crippen molar-refractivity contribution in [1.29, 1.82) is 0 Å². The van der Waals surface area contributed by atoms with E-state index in [4.69, 9.17) is 14.2 Å². The van der Waals surface area contributed by atoms with Gasteiger partial charge in [-0.15, -0.1) is 0 Å². The molecule has 6 heteroatoms. The number of fused-ring (bicyclic) bond motifs is 2. The first-order valence-electron chi connectivity index (χ1n) is 12.8. The van der Waals surface area contributed by atoms with Crippen LogP contribution >= 0.6 is 0 Å². The van der Waals surface area contributed by atoms with Crippen LogP contribution in [0.25, 0.3) is 6.08 Å². The molecule has 6 atom stereocenters. The van der Waals surface area contributed by atoms with Crippen LogP contribution in [0.5, 0.6) is 0 Å². The maximum atomic E-state index is 13.0. The normalized spacial score (nSPS) is 40.3. The zero-order valence-corrected chi connectivity index (χ0v) is 20.9. The second kappa shape index (κ2) is 8.59. The van der Waals surface area contributed by atoms with Gasteiger partial charge < -0.3 is 19.3 Å². The van der Waals surface area contributed by atoms with E-state index in [9.17, 15) is 14.7 Å². The molecule has 2 aliphatic carbocycles. The molecule has 0 radical (unpaired) electrons. The summed E-state index contributed by atoms with van der Waals surface area (Å²) in [5.74, 6) is -0.583. The third-order valence-electron chi connectivity index (χ3n) is 9.68. The van der Waals surface area contributed by atoms with Crippen LogP contribution in [0.3, 0.4) is 0 Å². The fraction of sp³-hybridized carbons (Fsp3) is 0.586. The van der Waals surface area contributed by atoms with Gasteiger partial charge in [0.05, 0.1) is 12.2 Å². The highest BCUT2D eigenvalue weighted by Gasteiger charge is 2.74. The minimum Gasteiger partial charge on any atom is -0.458 e. The second-order valence-corrected chi connectivity index (χ2v) is 11.5. The number of esters is 2. The maximum Gasteiger partial charge on any atom is 0.331 e. The van der Waals surface area contributed by atoms with E-state index in [1.165, 1.54) is 6.08 Å². The van der Waals surface area contributed by atoms with Crippen molar-refractivity contribution >= 4 is 18.0 Å². The van der Waals surface area contributed by atoms with Gasteiger partial charge in [-0.2, -0.15) is 0 Å². The Morgan fingerprint density at radius 2 is 1.97 bits per heavy atom. The number of epoxide rings is 1. The molecule has 188 valence electrons. The molecule has 3 fully saturated rings. The third-order valence-corrected chi connectivity index (χ3v) is 9.68. The average Bonchev–Trinajstić information content (AvgIpc) is 3.49. The summed E-state index contributed by atoms with van der Waals surface area (Å²) in [6.45, 7) is 7.26. The molecule has 0 aromatic heterocycles. The lowest BCUT2D eigenvalue weighted by molar-refractivity contribution is -0.250. The fourth-order valence-electron chi connectivity index (χ4n) is 7.19. The van der Waals surface area contributed by atoms with Gasteiger partial charge in [0, 0.05) is 29.4 Å². The molecule has 1 saturated heterocycles. The smallest absolute Gasteiger partial charge is 0.331 e. The Hall–Kier alpha value is -2.44. The number of cyclic esters (lactones) is 1. The van der Waals surface area contributed by atoms with Crippen LogP contribution in [0.1, 0.15) is 64.9 Å². The Morgan fingerprint density at radius 3 is 2.63 bits per heavy atom. The lowest BCUT2D eigenvalue weighted by Gasteiger charge is -2.64. The summed E-state index contributed by atoms with van der Waals surface area (Å²) in [5, 5.41) is 11.9. The van der Waals surface area contributed by atoms with Crippen LogP contribution in [0.2, 0.25) is 0 Å². The predicted molar refractivity (Wildman–Crippen MR) is 131 cm³/mol. The summed E-state index contributed by atoms with van der Waals surface area (Å²) in [5.41, 5.74) is -0.303. The molecular formula is C29H36O6. The quantitative estimate of drug-likeness (QED) is 0.364. The van der Waals surface area contributed by atoms with Crippen LogP contribution in [0, 0.1) is 16.7 Å². The lowest BCUT2D eigenvalue weighted by atomic mass is 9.42. The Balaban J connectivity index is 1.42. The minimum atomic E-state index is -1.05. The van der Waals surface area contributed by atoms with Gasteiger partial charge in [-0.1, -0.05) is 50.6 Å². The van der Waals surface area contributed by atoms with Crippen molar-refractivity contribution < 1.29 is 28.9 Å². The Labute approximate surface area is 207 Å². The van der Waals surface area contributed by atoms with Crippen molar-refractivity contribution in [3.05, 3.63) is 53.6 Å². The standard InChI is InChI=1S/C29H36O6/c1-26(15-13-21-16-25(31)33-18-21)22-10-7-14-29(19-34-29)28(22,3)23(17-27(26,2)32)35-24(30)12-11-20-8-5-4-6-9-20/h4-6,8-9,11-12,16,22-23,32H,7,10,13-15,17-19H2,1-3H3/b12-11+/t22-,23+,26-,27+,28+,29+/m1/s1. The number of hydrogen-bond acceptors (Lipinski definition) is 6. The molecule has 35 heavy (non-hydrogen) atoms. The summed E-state index contributed by atoms with van der Waals surface area (Å²) in [6.07, 6.45) is 9.04. The maximum absolute atomic E-state index is 13.0. The number of aliphatic hydroxyl groups is 1. The van der Waals surface area contributed by atoms with E-state index < -0.39 is 28.5 Å². The van der Waals surface area contributed by atoms with Crippen molar-refractivity contribution in [1.82, 2.24) is 0 Å². The highest BCUT2D eigenvalue weighted by atomic mass is 16.6. The molecule has 2 aliphatic heterocycles. The molecule has 2 saturated carbocycles. The van der Waals surface area contributed by atoms with Crippen molar-refractivity contribution in [2.45, 2.75) is 76.6 Å². The molecule has 1 aromatic carbocycles. The number of carbonyl (C=O) groups is 2. The van der Waals surface area contributed by atoms with Crippen LogP contribution in [-0.2, 0) is 23.8 Å².